The molecule has 0 heterocycles. The Morgan fingerprint density at radius 3 is 2.38 bits per heavy atom. The van der Waals surface area contributed by atoms with E-state index in [4.69, 9.17) is 15.2 Å². The highest BCUT2D eigenvalue weighted by atomic mass is 16.5. The molecule has 0 saturated heterocycles. The zero-order chi connectivity index (χ0) is 12.2. The van der Waals surface area contributed by atoms with Crippen molar-refractivity contribution >= 4 is 0 Å². The molecule has 0 atom stereocenters. The maximum Gasteiger partial charge on any atom is 0.122 e. The second kappa shape index (κ2) is 5.21. The van der Waals surface area contributed by atoms with Crippen molar-refractivity contribution in [3.8, 4) is 11.5 Å². The normalized spacial score (nSPS) is 11.3. The first-order valence-corrected chi connectivity index (χ1v) is 5.47. The second-order valence-electron chi connectivity index (χ2n) is 4.49. The van der Waals surface area contributed by atoms with Crippen LogP contribution in [-0.2, 0) is 5.41 Å². The third kappa shape index (κ3) is 2.67. The number of methoxy groups -OCH3 is 2. The molecule has 2 N–H and O–H groups in total. The van der Waals surface area contributed by atoms with Gasteiger partial charge in [-0.2, -0.15) is 0 Å². The number of benzene rings is 1. The van der Waals surface area contributed by atoms with E-state index in [9.17, 15) is 0 Å². The molecule has 0 aliphatic heterocycles. The molecule has 0 aromatic heterocycles. The Labute approximate surface area is 97.6 Å². The average molecular weight is 223 g/mol. The van der Waals surface area contributed by atoms with Crippen molar-refractivity contribution in [1.29, 1.82) is 0 Å². The van der Waals surface area contributed by atoms with Gasteiger partial charge in [-0.1, -0.05) is 13.8 Å². The fourth-order valence-corrected chi connectivity index (χ4v) is 1.84. The fourth-order valence-electron chi connectivity index (χ4n) is 1.84. The van der Waals surface area contributed by atoms with Crippen molar-refractivity contribution in [3.63, 3.8) is 0 Å². The van der Waals surface area contributed by atoms with E-state index in [1.165, 1.54) is 0 Å². The summed E-state index contributed by atoms with van der Waals surface area (Å²) < 4.78 is 10.6. The van der Waals surface area contributed by atoms with Crippen LogP contribution in [-0.4, -0.2) is 20.8 Å². The van der Waals surface area contributed by atoms with Gasteiger partial charge in [0.25, 0.3) is 0 Å². The first-order chi connectivity index (χ1) is 7.55. The molecule has 0 saturated carbocycles. The van der Waals surface area contributed by atoms with E-state index in [-0.39, 0.29) is 5.41 Å². The van der Waals surface area contributed by atoms with Crippen LogP contribution < -0.4 is 15.2 Å². The summed E-state index contributed by atoms with van der Waals surface area (Å²) in [7, 11) is 3.35. The molecule has 0 aliphatic rings. The first kappa shape index (κ1) is 12.8. The molecule has 0 amide bonds. The number of hydrogen-bond donors (Lipinski definition) is 1. The van der Waals surface area contributed by atoms with Crippen LogP contribution in [0.25, 0.3) is 0 Å². The molecular weight excluding hydrogens is 202 g/mol. The number of rotatable bonds is 5. The smallest absolute Gasteiger partial charge is 0.122 e. The van der Waals surface area contributed by atoms with Gasteiger partial charge in [0.1, 0.15) is 11.5 Å². The largest absolute Gasteiger partial charge is 0.497 e. The Morgan fingerprint density at radius 1 is 1.19 bits per heavy atom. The van der Waals surface area contributed by atoms with E-state index < -0.39 is 0 Å². The van der Waals surface area contributed by atoms with Crippen molar-refractivity contribution in [2.45, 2.75) is 25.7 Å². The average Bonchev–Trinajstić information content (AvgIpc) is 2.28. The van der Waals surface area contributed by atoms with Crippen molar-refractivity contribution in [3.05, 3.63) is 23.8 Å². The molecule has 0 spiro atoms. The predicted molar refractivity (Wildman–Crippen MR) is 66.2 cm³/mol. The third-order valence-electron chi connectivity index (χ3n) is 2.91. The Hall–Kier alpha value is -1.22. The molecule has 1 aromatic carbocycles. The van der Waals surface area contributed by atoms with Crippen molar-refractivity contribution in [2.75, 3.05) is 20.8 Å². The minimum atomic E-state index is -0.00532. The predicted octanol–water partition coefficient (Wildman–Crippen LogP) is 2.33. The molecule has 0 bridgehead atoms. The monoisotopic (exact) mass is 223 g/mol. The van der Waals surface area contributed by atoms with Gasteiger partial charge in [-0.05, 0) is 36.6 Å². The van der Waals surface area contributed by atoms with Gasteiger partial charge in [0.2, 0.25) is 0 Å². The molecule has 90 valence electrons. The minimum Gasteiger partial charge on any atom is -0.497 e. The van der Waals surface area contributed by atoms with Crippen molar-refractivity contribution in [1.82, 2.24) is 0 Å². The van der Waals surface area contributed by atoms with Gasteiger partial charge < -0.3 is 15.2 Å². The zero-order valence-electron chi connectivity index (χ0n) is 10.5. The number of nitrogens with two attached hydrogens (primary N) is 1. The summed E-state index contributed by atoms with van der Waals surface area (Å²) >= 11 is 0. The van der Waals surface area contributed by atoms with Crippen LogP contribution in [0.4, 0.5) is 0 Å². The van der Waals surface area contributed by atoms with Gasteiger partial charge in [0, 0.05) is 5.56 Å². The standard InChI is InChI=1S/C13H21NO2/c1-13(2,7-8-14)11-9-10(15-3)5-6-12(11)16-4/h5-6,9H,7-8,14H2,1-4H3. The van der Waals surface area contributed by atoms with Gasteiger partial charge >= 0.3 is 0 Å². The molecular formula is C13H21NO2. The van der Waals surface area contributed by atoms with Crippen molar-refractivity contribution in [2.24, 2.45) is 5.73 Å². The summed E-state index contributed by atoms with van der Waals surface area (Å²) in [5.74, 6) is 1.74. The summed E-state index contributed by atoms with van der Waals surface area (Å²) in [5.41, 5.74) is 6.78. The molecule has 16 heavy (non-hydrogen) atoms. The van der Waals surface area contributed by atoms with Gasteiger partial charge in [-0.25, -0.2) is 0 Å². The van der Waals surface area contributed by atoms with Crippen LogP contribution in [0.1, 0.15) is 25.8 Å². The molecule has 1 rings (SSSR count). The fraction of sp³-hybridized carbons (Fsp3) is 0.538. The van der Waals surface area contributed by atoms with E-state index in [0.717, 1.165) is 23.5 Å². The minimum absolute atomic E-state index is 0.00532. The Morgan fingerprint density at radius 2 is 1.88 bits per heavy atom. The highest BCUT2D eigenvalue weighted by Crippen LogP contribution is 2.36. The molecule has 3 heteroatoms. The van der Waals surface area contributed by atoms with Gasteiger partial charge in [-0.3, -0.25) is 0 Å². The van der Waals surface area contributed by atoms with Crippen LogP contribution in [0, 0.1) is 0 Å². The maximum atomic E-state index is 5.64. The van der Waals surface area contributed by atoms with E-state index >= 15 is 0 Å². The highest BCUT2D eigenvalue weighted by Gasteiger charge is 2.24. The second-order valence-corrected chi connectivity index (χ2v) is 4.49. The highest BCUT2D eigenvalue weighted by molar-refractivity contribution is 5.44. The zero-order valence-corrected chi connectivity index (χ0v) is 10.5. The Bertz CT molecular complexity index is 348. The van der Waals surface area contributed by atoms with Crippen LogP contribution in [0.15, 0.2) is 18.2 Å². The maximum absolute atomic E-state index is 5.64. The quantitative estimate of drug-likeness (QED) is 0.833. The lowest BCUT2D eigenvalue weighted by atomic mass is 9.81. The van der Waals surface area contributed by atoms with Gasteiger partial charge in [0.15, 0.2) is 0 Å². The summed E-state index contributed by atoms with van der Waals surface area (Å²) in [6, 6.07) is 5.86. The lowest BCUT2D eigenvalue weighted by Gasteiger charge is -2.27. The molecule has 0 unspecified atom stereocenters. The van der Waals surface area contributed by atoms with Gasteiger partial charge in [-0.15, -0.1) is 0 Å². The third-order valence-corrected chi connectivity index (χ3v) is 2.91. The summed E-state index contributed by atoms with van der Waals surface area (Å²) in [4.78, 5) is 0. The van der Waals surface area contributed by atoms with E-state index in [0.29, 0.717) is 6.54 Å². The SMILES string of the molecule is COc1ccc(OC)c(C(C)(C)CCN)c1. The summed E-state index contributed by atoms with van der Waals surface area (Å²) in [5, 5.41) is 0. The van der Waals surface area contributed by atoms with E-state index in [1.807, 2.05) is 18.2 Å². The van der Waals surface area contributed by atoms with E-state index in [2.05, 4.69) is 13.8 Å². The summed E-state index contributed by atoms with van der Waals surface area (Å²) in [6.07, 6.45) is 0.913. The van der Waals surface area contributed by atoms with E-state index in [1.54, 1.807) is 14.2 Å². The van der Waals surface area contributed by atoms with Crippen LogP contribution in [0.5, 0.6) is 11.5 Å². The van der Waals surface area contributed by atoms with Gasteiger partial charge in [0.05, 0.1) is 14.2 Å². The van der Waals surface area contributed by atoms with Crippen LogP contribution in [0.3, 0.4) is 0 Å². The molecule has 1 aromatic rings. The lowest BCUT2D eigenvalue weighted by molar-refractivity contribution is 0.378. The molecule has 0 fully saturated rings. The molecule has 0 aliphatic carbocycles. The van der Waals surface area contributed by atoms with Crippen LogP contribution >= 0.6 is 0 Å². The Kier molecular flexibility index (Phi) is 4.19. The first-order valence-electron chi connectivity index (χ1n) is 5.47. The van der Waals surface area contributed by atoms with Crippen LogP contribution in [0.2, 0.25) is 0 Å². The number of hydrogen-bond acceptors (Lipinski definition) is 3. The molecule has 3 nitrogen and oxygen atoms in total. The summed E-state index contributed by atoms with van der Waals surface area (Å²) in [6.45, 7) is 4.99. The number of ether oxygens (including phenoxy) is 2. The lowest BCUT2D eigenvalue weighted by Crippen LogP contribution is -2.22. The van der Waals surface area contributed by atoms with Crippen molar-refractivity contribution < 1.29 is 9.47 Å². The molecule has 0 radical (unpaired) electrons. The Balaban J connectivity index is 3.17. The topological polar surface area (TPSA) is 44.5 Å².